The van der Waals surface area contributed by atoms with E-state index in [1.54, 1.807) is 6.08 Å². The summed E-state index contributed by atoms with van der Waals surface area (Å²) in [4.78, 5) is 22.6. The number of hydrogen-bond acceptors (Lipinski definition) is 5. The molecule has 0 aliphatic heterocycles. The van der Waals surface area contributed by atoms with Gasteiger partial charge in [-0.25, -0.2) is 4.57 Å². The van der Waals surface area contributed by atoms with Crippen LogP contribution in [0.4, 0.5) is 0 Å². The summed E-state index contributed by atoms with van der Waals surface area (Å²) in [6.07, 6.45) is 46.6. The van der Waals surface area contributed by atoms with E-state index in [-0.39, 0.29) is 19.1 Å². The van der Waals surface area contributed by atoms with Gasteiger partial charge in [0, 0.05) is 6.42 Å². The van der Waals surface area contributed by atoms with E-state index in [4.69, 9.17) is 9.05 Å². The summed E-state index contributed by atoms with van der Waals surface area (Å²) in [6, 6.07) is -0.855. The summed E-state index contributed by atoms with van der Waals surface area (Å²) in [5.74, 6) is -0.211. The lowest BCUT2D eigenvalue weighted by atomic mass is 10.0. The Morgan fingerprint density at radius 3 is 1.45 bits per heavy atom. The summed E-state index contributed by atoms with van der Waals surface area (Å²) < 4.78 is 23.3. The van der Waals surface area contributed by atoms with E-state index >= 15 is 0 Å². The topological polar surface area (TPSA) is 105 Å². The number of rotatable bonds is 42. The second-order valence-electron chi connectivity index (χ2n) is 17.1. The Bertz CT molecular complexity index is 953. The van der Waals surface area contributed by atoms with Crippen molar-refractivity contribution >= 4 is 13.7 Å². The van der Waals surface area contributed by atoms with E-state index in [9.17, 15) is 19.4 Å². The molecule has 8 nitrogen and oxygen atoms in total. The van der Waals surface area contributed by atoms with Gasteiger partial charge in [0.05, 0.1) is 39.9 Å². The fraction of sp³-hybridized carbons (Fsp3) is 0.891. The third kappa shape index (κ3) is 41.0. The minimum atomic E-state index is -4.32. The van der Waals surface area contributed by atoms with Crippen LogP contribution in [0.25, 0.3) is 0 Å². The molecule has 55 heavy (non-hydrogen) atoms. The monoisotopic (exact) mass is 800 g/mol. The maximum atomic E-state index is 12.5. The summed E-state index contributed by atoms with van der Waals surface area (Å²) in [5.41, 5.74) is 0. The highest BCUT2D eigenvalue weighted by molar-refractivity contribution is 7.47. The van der Waals surface area contributed by atoms with Gasteiger partial charge >= 0.3 is 7.82 Å². The predicted octanol–water partition coefficient (Wildman–Crippen LogP) is 12.9. The zero-order valence-corrected chi connectivity index (χ0v) is 37.8. The number of aliphatic hydroxyl groups is 1. The Kier molecular flexibility index (Phi) is 37.8. The third-order valence-electron chi connectivity index (χ3n) is 10.4. The van der Waals surface area contributed by atoms with Gasteiger partial charge in [-0.1, -0.05) is 199 Å². The first-order valence-corrected chi connectivity index (χ1v) is 24.7. The smallest absolute Gasteiger partial charge is 0.387 e. The van der Waals surface area contributed by atoms with Gasteiger partial charge in [0.25, 0.3) is 0 Å². The molecule has 9 heteroatoms. The van der Waals surface area contributed by atoms with Crippen LogP contribution in [-0.2, 0) is 18.4 Å². The normalized spacial score (nSPS) is 14.5. The quantitative estimate of drug-likeness (QED) is 0.0246. The summed E-state index contributed by atoms with van der Waals surface area (Å²) >= 11 is 0. The van der Waals surface area contributed by atoms with E-state index in [0.717, 1.165) is 38.5 Å². The first kappa shape index (κ1) is 54.0. The van der Waals surface area contributed by atoms with Crippen molar-refractivity contribution in [1.29, 1.82) is 0 Å². The Morgan fingerprint density at radius 2 is 1.00 bits per heavy atom. The van der Waals surface area contributed by atoms with Crippen molar-refractivity contribution < 1.29 is 32.9 Å². The second-order valence-corrected chi connectivity index (χ2v) is 18.6. The van der Waals surface area contributed by atoms with Crippen molar-refractivity contribution in [3.8, 4) is 0 Å². The summed E-state index contributed by atoms with van der Waals surface area (Å²) in [5, 5.41) is 13.6. The van der Waals surface area contributed by atoms with Crippen LogP contribution in [0.2, 0.25) is 0 Å². The van der Waals surface area contributed by atoms with Crippen LogP contribution >= 0.6 is 7.82 Å². The fourth-order valence-corrected chi connectivity index (χ4v) is 7.44. The van der Waals surface area contributed by atoms with Gasteiger partial charge < -0.3 is 19.8 Å². The predicted molar refractivity (Wildman–Crippen MR) is 235 cm³/mol. The van der Waals surface area contributed by atoms with E-state index in [2.05, 4.69) is 31.3 Å². The molecule has 1 amide bonds. The molecule has 0 saturated carbocycles. The van der Waals surface area contributed by atoms with Gasteiger partial charge in [-0.3, -0.25) is 13.8 Å². The van der Waals surface area contributed by atoms with E-state index < -0.39 is 20.0 Å². The number of unbranched alkanes of at least 4 members (excludes halogenated alkanes) is 27. The van der Waals surface area contributed by atoms with Crippen LogP contribution in [0.5, 0.6) is 0 Å². The molecular formula is C46H92N2O6P+. The molecule has 0 radical (unpaired) electrons. The first-order valence-electron chi connectivity index (χ1n) is 23.2. The van der Waals surface area contributed by atoms with Crippen LogP contribution in [0.15, 0.2) is 24.3 Å². The number of carbonyl (C=O) groups excluding carboxylic acids is 1. The Hall–Kier alpha value is -1.02. The molecule has 0 fully saturated rings. The lowest BCUT2D eigenvalue weighted by molar-refractivity contribution is -0.870. The molecule has 0 aromatic carbocycles. The number of nitrogens with one attached hydrogen (secondary N) is 1. The van der Waals surface area contributed by atoms with E-state index in [0.29, 0.717) is 17.4 Å². The highest BCUT2D eigenvalue weighted by Crippen LogP contribution is 2.43. The average Bonchev–Trinajstić information content (AvgIpc) is 3.13. The molecule has 3 N–H and O–H groups in total. The zero-order chi connectivity index (χ0) is 40.7. The highest BCUT2D eigenvalue weighted by atomic mass is 31.2. The molecule has 0 aliphatic rings. The molecule has 0 aliphatic carbocycles. The van der Waals surface area contributed by atoms with Crippen molar-refractivity contribution in [2.24, 2.45) is 0 Å². The number of carbonyl (C=O) groups is 1. The van der Waals surface area contributed by atoms with E-state index in [1.807, 2.05) is 27.2 Å². The SMILES string of the molecule is CCCCCCCCCCCCCCCCCCCCCCCCCC/C=C/CC/C=C/C(O)C(COP(=O)(O)OCC[N+](C)(C)C)NC(=O)CCCCC. The van der Waals surface area contributed by atoms with Crippen LogP contribution < -0.4 is 5.32 Å². The maximum absolute atomic E-state index is 12.5. The van der Waals surface area contributed by atoms with Gasteiger partial charge in [-0.15, -0.1) is 0 Å². The molecule has 3 atom stereocenters. The molecule has 0 bridgehead atoms. The number of quaternary nitrogens is 1. The van der Waals surface area contributed by atoms with Crippen molar-refractivity contribution in [3.05, 3.63) is 24.3 Å². The summed E-state index contributed by atoms with van der Waals surface area (Å²) in [7, 11) is 1.55. The minimum absolute atomic E-state index is 0.0565. The average molecular weight is 800 g/mol. The Balaban J connectivity index is 3.89. The molecular weight excluding hydrogens is 707 g/mol. The van der Waals surface area contributed by atoms with Gasteiger partial charge in [0.1, 0.15) is 13.2 Å². The van der Waals surface area contributed by atoms with Crippen LogP contribution in [-0.4, -0.2) is 73.4 Å². The first-order chi connectivity index (χ1) is 26.5. The molecule has 0 aromatic rings. The van der Waals surface area contributed by atoms with E-state index in [1.165, 1.54) is 154 Å². The number of hydrogen-bond donors (Lipinski definition) is 3. The van der Waals surface area contributed by atoms with Gasteiger partial charge in [0.2, 0.25) is 5.91 Å². The van der Waals surface area contributed by atoms with Crippen molar-refractivity contribution in [1.82, 2.24) is 5.32 Å². The molecule has 0 saturated heterocycles. The number of aliphatic hydroxyl groups excluding tert-OH is 1. The maximum Gasteiger partial charge on any atom is 0.472 e. The molecule has 326 valence electrons. The molecule has 0 rings (SSSR count). The van der Waals surface area contributed by atoms with Gasteiger partial charge in [0.15, 0.2) is 0 Å². The van der Waals surface area contributed by atoms with Crippen molar-refractivity contribution in [2.45, 2.75) is 225 Å². The molecule has 3 unspecified atom stereocenters. The Labute approximate surface area is 341 Å². The van der Waals surface area contributed by atoms with Crippen LogP contribution in [0, 0.1) is 0 Å². The van der Waals surface area contributed by atoms with Crippen LogP contribution in [0.1, 0.15) is 213 Å². The molecule has 0 spiro atoms. The number of phosphoric acid groups is 1. The number of likely N-dealkylation sites (N-methyl/N-ethyl adjacent to an activating group) is 1. The lowest BCUT2D eigenvalue weighted by Gasteiger charge is -2.25. The standard InChI is InChI=1S/C46H91N2O6P/c1-6-8-10-11-12-13-14-15-16-17-18-19-20-21-22-23-24-25-26-27-28-29-30-31-32-33-34-35-36-38-39-45(49)44(47-46(50)40-37-9-7-2)43-54-55(51,52)53-42-41-48(3,4)5/h33-34,38-39,44-45,49H,6-32,35-37,40-43H2,1-5H3,(H-,47,50,51,52)/p+1/b34-33+,39-38+. The Morgan fingerprint density at radius 1 is 0.600 bits per heavy atom. The lowest BCUT2D eigenvalue weighted by Crippen LogP contribution is -2.45. The number of amides is 1. The number of nitrogens with zero attached hydrogens (tertiary/aromatic N) is 1. The van der Waals surface area contributed by atoms with Gasteiger partial charge in [-0.2, -0.15) is 0 Å². The largest absolute Gasteiger partial charge is 0.472 e. The number of allylic oxidation sites excluding steroid dienone is 3. The molecule has 0 heterocycles. The third-order valence-corrected chi connectivity index (χ3v) is 11.4. The van der Waals surface area contributed by atoms with Crippen molar-refractivity contribution in [2.75, 3.05) is 40.9 Å². The zero-order valence-electron chi connectivity index (χ0n) is 36.9. The summed E-state index contributed by atoms with van der Waals surface area (Å²) in [6.45, 7) is 4.62. The number of phosphoric ester groups is 1. The van der Waals surface area contributed by atoms with Crippen LogP contribution in [0.3, 0.4) is 0 Å². The molecule has 0 aromatic heterocycles. The fourth-order valence-electron chi connectivity index (χ4n) is 6.70. The van der Waals surface area contributed by atoms with Gasteiger partial charge in [-0.05, 0) is 32.1 Å². The minimum Gasteiger partial charge on any atom is -0.387 e. The second kappa shape index (κ2) is 38.5. The highest BCUT2D eigenvalue weighted by Gasteiger charge is 2.27. The van der Waals surface area contributed by atoms with Crippen molar-refractivity contribution in [3.63, 3.8) is 0 Å².